The maximum atomic E-state index is 13.6. The molecule has 3 fully saturated rings. The van der Waals surface area contributed by atoms with Crippen LogP contribution >= 0.6 is 11.6 Å². The van der Waals surface area contributed by atoms with Crippen molar-refractivity contribution in [3.8, 4) is 11.3 Å². The molecule has 6 rings (SSSR count). The lowest BCUT2D eigenvalue weighted by Crippen LogP contribution is -2.52. The molecule has 3 aromatic rings. The average Bonchev–Trinajstić information content (AvgIpc) is 3.49. The molecule has 1 aromatic heterocycles. The normalized spacial score (nSPS) is 25.2. The molecule has 2 aromatic carbocycles. The molecule has 1 spiro atoms. The number of nitrogens with zero attached hydrogens (tertiary/aromatic N) is 3. The van der Waals surface area contributed by atoms with Crippen LogP contribution in [-0.4, -0.2) is 44.3 Å². The van der Waals surface area contributed by atoms with Crippen LogP contribution in [0.4, 0.5) is 15.8 Å². The van der Waals surface area contributed by atoms with Gasteiger partial charge in [0.15, 0.2) is 0 Å². The number of carbonyl (C=O) groups is 2. The summed E-state index contributed by atoms with van der Waals surface area (Å²) in [6.07, 6.45) is 11.9. The molecule has 1 saturated carbocycles. The molecular formula is C29H27ClFN5O2. The predicted molar refractivity (Wildman–Crippen MR) is 145 cm³/mol. The summed E-state index contributed by atoms with van der Waals surface area (Å²) in [6.45, 7) is 1.43. The minimum atomic E-state index is -0.255. The van der Waals surface area contributed by atoms with Crippen LogP contribution in [-0.2, 0) is 9.59 Å². The van der Waals surface area contributed by atoms with Gasteiger partial charge in [0.2, 0.25) is 11.8 Å². The maximum absolute atomic E-state index is 13.6. The minimum Gasteiger partial charge on any atom is -0.382 e. The zero-order chi connectivity index (χ0) is 26.4. The minimum absolute atomic E-state index is 0.0278. The van der Waals surface area contributed by atoms with Crippen LogP contribution < -0.4 is 10.6 Å². The van der Waals surface area contributed by atoms with Crippen molar-refractivity contribution in [1.29, 1.82) is 0 Å². The van der Waals surface area contributed by atoms with E-state index in [0.717, 1.165) is 31.4 Å². The Morgan fingerprint density at radius 3 is 2.68 bits per heavy atom. The Bertz CT molecular complexity index is 1430. The van der Waals surface area contributed by atoms with Crippen LogP contribution in [0.5, 0.6) is 0 Å². The number of amides is 2. The molecule has 2 saturated heterocycles. The van der Waals surface area contributed by atoms with Crippen LogP contribution in [0.15, 0.2) is 61.1 Å². The molecule has 2 N–H and O–H groups in total. The van der Waals surface area contributed by atoms with E-state index in [1.165, 1.54) is 19.1 Å². The zero-order valence-corrected chi connectivity index (χ0v) is 21.6. The molecule has 194 valence electrons. The van der Waals surface area contributed by atoms with E-state index in [9.17, 15) is 14.0 Å². The standard InChI is InChI=1S/C29H27ClFN5O2/c1-17(37)34-26-13-25(30)24(27-16-32-8-9-33-27)10-18(26)2-7-28(38)36-23-11-19-14-29(19,36)15-22(12-23)35-21-5-3-20(31)4-6-21/h2-10,13,16,19,22-23,35H,11-12,14-15H2,1H3,(H,34,37)/b7-2+/t19-,22+,23-,29?/m0/s1. The lowest BCUT2D eigenvalue weighted by Gasteiger charge is -2.42. The zero-order valence-electron chi connectivity index (χ0n) is 20.8. The van der Waals surface area contributed by atoms with E-state index in [1.54, 1.807) is 48.9 Å². The number of rotatable bonds is 6. The van der Waals surface area contributed by atoms with Crippen molar-refractivity contribution in [3.05, 3.63) is 77.5 Å². The number of fused-ring (bicyclic) bond motifs is 1. The number of benzene rings is 2. The van der Waals surface area contributed by atoms with Gasteiger partial charge >= 0.3 is 0 Å². The van der Waals surface area contributed by atoms with E-state index in [2.05, 4.69) is 25.5 Å². The van der Waals surface area contributed by atoms with E-state index in [0.29, 0.717) is 33.4 Å². The molecule has 7 nitrogen and oxygen atoms in total. The van der Waals surface area contributed by atoms with E-state index in [-0.39, 0.29) is 35.3 Å². The van der Waals surface area contributed by atoms with Crippen molar-refractivity contribution in [2.24, 2.45) is 5.92 Å². The summed E-state index contributed by atoms with van der Waals surface area (Å²) in [5.74, 6) is 0.0104. The first-order chi connectivity index (χ1) is 18.3. The third-order valence-corrected chi connectivity index (χ3v) is 8.22. The van der Waals surface area contributed by atoms with Gasteiger partial charge in [-0.2, -0.15) is 0 Å². The van der Waals surface area contributed by atoms with Crippen LogP contribution in [0.3, 0.4) is 0 Å². The van der Waals surface area contributed by atoms with Crippen LogP contribution in [0.1, 0.15) is 38.2 Å². The highest BCUT2D eigenvalue weighted by atomic mass is 35.5. The van der Waals surface area contributed by atoms with Crippen LogP contribution in [0.2, 0.25) is 5.02 Å². The van der Waals surface area contributed by atoms with Crippen LogP contribution in [0, 0.1) is 11.7 Å². The Kier molecular flexibility index (Phi) is 6.14. The molecule has 2 bridgehead atoms. The lowest BCUT2D eigenvalue weighted by atomic mass is 9.92. The van der Waals surface area contributed by atoms with Gasteiger partial charge in [0.05, 0.1) is 16.9 Å². The monoisotopic (exact) mass is 531 g/mol. The van der Waals surface area contributed by atoms with Gasteiger partial charge in [0.25, 0.3) is 0 Å². The predicted octanol–water partition coefficient (Wildman–Crippen LogP) is 5.54. The van der Waals surface area contributed by atoms with Crippen molar-refractivity contribution in [1.82, 2.24) is 14.9 Å². The van der Waals surface area contributed by atoms with Gasteiger partial charge in [-0.25, -0.2) is 4.39 Å². The Morgan fingerprint density at radius 2 is 1.97 bits per heavy atom. The van der Waals surface area contributed by atoms with Gasteiger partial charge in [0, 0.05) is 60.0 Å². The molecular weight excluding hydrogens is 505 g/mol. The fourth-order valence-electron chi connectivity index (χ4n) is 6.34. The second-order valence-corrected chi connectivity index (χ2v) is 10.8. The number of carbonyl (C=O) groups excluding carboxylic acids is 2. The molecule has 2 aliphatic heterocycles. The first-order valence-electron chi connectivity index (χ1n) is 12.7. The number of piperidine rings is 2. The molecule has 0 radical (unpaired) electrons. The maximum Gasteiger partial charge on any atom is 0.247 e. The van der Waals surface area contributed by atoms with Gasteiger partial charge < -0.3 is 15.5 Å². The van der Waals surface area contributed by atoms with Crippen molar-refractivity contribution in [2.45, 2.75) is 50.2 Å². The SMILES string of the molecule is CC(=O)Nc1cc(Cl)c(-c2cnccn2)cc1/C=C/C(=O)N1[C@@H]2C[C@@H](Nc3ccc(F)cc3)CC13C[C@@H]3C2. The molecule has 1 unspecified atom stereocenters. The Labute approximate surface area is 225 Å². The van der Waals surface area contributed by atoms with E-state index in [1.807, 2.05) is 6.07 Å². The van der Waals surface area contributed by atoms with Gasteiger partial charge in [-0.3, -0.25) is 19.6 Å². The second kappa shape index (κ2) is 9.51. The fourth-order valence-corrected chi connectivity index (χ4v) is 6.60. The summed E-state index contributed by atoms with van der Waals surface area (Å²) in [5.41, 5.74) is 3.22. The fraction of sp³-hybridized carbons (Fsp3) is 0.310. The van der Waals surface area contributed by atoms with E-state index >= 15 is 0 Å². The third-order valence-electron chi connectivity index (χ3n) is 7.90. The van der Waals surface area contributed by atoms with E-state index < -0.39 is 0 Å². The van der Waals surface area contributed by atoms with Crippen LogP contribution in [0.25, 0.3) is 17.3 Å². The van der Waals surface area contributed by atoms with Crippen molar-refractivity contribution >= 4 is 40.9 Å². The largest absolute Gasteiger partial charge is 0.382 e. The van der Waals surface area contributed by atoms with Gasteiger partial charge in [-0.15, -0.1) is 0 Å². The van der Waals surface area contributed by atoms with Crippen molar-refractivity contribution in [3.63, 3.8) is 0 Å². The summed E-state index contributed by atoms with van der Waals surface area (Å²) in [7, 11) is 0. The summed E-state index contributed by atoms with van der Waals surface area (Å²) in [6, 6.07) is 10.3. The Balaban J connectivity index is 1.23. The van der Waals surface area contributed by atoms with Crippen molar-refractivity contribution < 1.29 is 14.0 Å². The molecule has 38 heavy (non-hydrogen) atoms. The number of aromatic nitrogens is 2. The second-order valence-electron chi connectivity index (χ2n) is 10.4. The molecule has 4 atom stereocenters. The number of nitrogens with one attached hydrogen (secondary N) is 2. The summed E-state index contributed by atoms with van der Waals surface area (Å²) in [4.78, 5) is 35.9. The highest BCUT2D eigenvalue weighted by Crippen LogP contribution is 2.64. The number of hydrogen-bond acceptors (Lipinski definition) is 5. The molecule has 1 aliphatic carbocycles. The van der Waals surface area contributed by atoms with Gasteiger partial charge in [0.1, 0.15) is 5.82 Å². The smallest absolute Gasteiger partial charge is 0.247 e. The highest BCUT2D eigenvalue weighted by Gasteiger charge is 2.69. The highest BCUT2D eigenvalue weighted by molar-refractivity contribution is 6.33. The summed E-state index contributed by atoms with van der Waals surface area (Å²) in [5, 5.41) is 6.77. The lowest BCUT2D eigenvalue weighted by molar-refractivity contribution is -0.132. The number of hydrogen-bond donors (Lipinski definition) is 2. The first-order valence-corrected chi connectivity index (χ1v) is 13.1. The summed E-state index contributed by atoms with van der Waals surface area (Å²) < 4.78 is 13.3. The quantitative estimate of drug-likeness (QED) is 0.408. The molecule has 9 heteroatoms. The average molecular weight is 532 g/mol. The summed E-state index contributed by atoms with van der Waals surface area (Å²) >= 11 is 6.51. The first kappa shape index (κ1) is 24.6. The molecule has 3 aliphatic rings. The third kappa shape index (κ3) is 4.53. The van der Waals surface area contributed by atoms with Gasteiger partial charge in [-0.05, 0) is 79.6 Å². The topological polar surface area (TPSA) is 87.2 Å². The van der Waals surface area contributed by atoms with Crippen molar-refractivity contribution in [2.75, 3.05) is 10.6 Å². The van der Waals surface area contributed by atoms with Gasteiger partial charge in [-0.1, -0.05) is 11.6 Å². The molecule has 3 heterocycles. The van der Waals surface area contributed by atoms with E-state index in [4.69, 9.17) is 11.6 Å². The molecule has 2 amide bonds. The number of anilines is 2. The Morgan fingerprint density at radius 1 is 1.16 bits per heavy atom. The Hall–Kier alpha value is -3.78. The number of halogens is 2.